The number of thiazole rings is 2. The van der Waals surface area contributed by atoms with Gasteiger partial charge in [-0.05, 0) is 41.7 Å². The second-order valence-electron chi connectivity index (χ2n) is 11.5. The van der Waals surface area contributed by atoms with Crippen LogP contribution in [0, 0.1) is 0 Å². The van der Waals surface area contributed by atoms with Gasteiger partial charge in [0.05, 0.1) is 35.0 Å². The number of methoxy groups -OCH3 is 2. The minimum atomic E-state index is -0.518. The molecule has 0 saturated carbocycles. The highest BCUT2D eigenvalue weighted by atomic mass is 32.1. The maximum Gasteiger partial charge on any atom is 0.407 e. The largest absolute Gasteiger partial charge is 0.493 e. The van der Waals surface area contributed by atoms with Crippen LogP contribution < -0.4 is 20.1 Å². The molecule has 50 heavy (non-hydrogen) atoms. The fourth-order valence-electron chi connectivity index (χ4n) is 5.50. The molecule has 0 radical (unpaired) electrons. The van der Waals surface area contributed by atoms with Gasteiger partial charge in [-0.3, -0.25) is 14.9 Å². The van der Waals surface area contributed by atoms with Crippen molar-refractivity contribution in [3.63, 3.8) is 0 Å². The number of nitrogens with one attached hydrogen (secondary N) is 2. The van der Waals surface area contributed by atoms with Crippen molar-refractivity contribution in [2.24, 2.45) is 0 Å². The molecule has 13 heteroatoms. The highest BCUT2D eigenvalue weighted by molar-refractivity contribution is 7.09. The number of aromatic nitrogens is 2. The summed E-state index contributed by atoms with van der Waals surface area (Å²) >= 11 is 2.86. The zero-order valence-electron chi connectivity index (χ0n) is 28.0. The molecule has 11 nitrogen and oxygen atoms in total. The number of carbonyl (C=O) groups is 2. The Bertz CT molecular complexity index is 1630. The van der Waals surface area contributed by atoms with Gasteiger partial charge >= 0.3 is 12.2 Å². The van der Waals surface area contributed by atoms with Gasteiger partial charge < -0.3 is 29.6 Å². The Hall–Kier alpha value is -4.98. The van der Waals surface area contributed by atoms with E-state index in [-0.39, 0.29) is 25.3 Å². The maximum absolute atomic E-state index is 13.1. The zero-order chi connectivity index (χ0) is 35.0. The third-order valence-corrected chi connectivity index (χ3v) is 9.27. The first-order valence-electron chi connectivity index (χ1n) is 16.1. The number of nitrogens with zero attached hydrogens (tertiary/aromatic N) is 3. The van der Waals surface area contributed by atoms with Crippen molar-refractivity contribution >= 4 is 34.9 Å². The summed E-state index contributed by atoms with van der Waals surface area (Å²) in [5, 5.41) is 6.21. The molecule has 0 saturated heterocycles. The summed E-state index contributed by atoms with van der Waals surface area (Å²) < 4.78 is 22.2. The summed E-state index contributed by atoms with van der Waals surface area (Å²) in [7, 11) is 3.21. The lowest BCUT2D eigenvalue weighted by Gasteiger charge is -2.32. The second-order valence-corrected chi connectivity index (χ2v) is 13.5. The van der Waals surface area contributed by atoms with Crippen molar-refractivity contribution in [1.29, 1.82) is 0 Å². The van der Waals surface area contributed by atoms with Gasteiger partial charge in [-0.25, -0.2) is 9.59 Å². The fraction of sp³-hybridized carbons (Fsp3) is 0.297. The first-order chi connectivity index (χ1) is 24.5. The van der Waals surface area contributed by atoms with Crippen LogP contribution in [0.3, 0.4) is 0 Å². The van der Waals surface area contributed by atoms with Gasteiger partial charge in [0.25, 0.3) is 0 Å². The molecule has 262 valence electrons. The minimum absolute atomic E-state index is 0.136. The summed E-state index contributed by atoms with van der Waals surface area (Å²) in [5.74, 6) is 1.24. The van der Waals surface area contributed by atoms with E-state index in [1.165, 1.54) is 22.7 Å². The molecular weight excluding hydrogens is 675 g/mol. The third-order valence-electron chi connectivity index (χ3n) is 7.76. The Balaban J connectivity index is 1.39. The van der Waals surface area contributed by atoms with Crippen molar-refractivity contribution < 1.29 is 28.5 Å². The van der Waals surface area contributed by atoms with Crippen molar-refractivity contribution in [3.05, 3.63) is 129 Å². The van der Waals surface area contributed by atoms with Crippen molar-refractivity contribution in [1.82, 2.24) is 25.5 Å². The Labute approximate surface area is 300 Å². The lowest BCUT2D eigenvalue weighted by molar-refractivity contribution is 0.126. The van der Waals surface area contributed by atoms with Crippen LogP contribution in [0.5, 0.6) is 11.5 Å². The van der Waals surface area contributed by atoms with Crippen molar-refractivity contribution in [3.8, 4) is 11.5 Å². The number of benzene rings is 3. The molecule has 2 N–H and O–H groups in total. The number of carbonyl (C=O) groups excluding carboxylic acids is 2. The van der Waals surface area contributed by atoms with Crippen LogP contribution in [0.4, 0.5) is 9.59 Å². The molecule has 0 aliphatic carbocycles. The Morgan fingerprint density at radius 2 is 1.18 bits per heavy atom. The molecule has 0 fully saturated rings. The van der Waals surface area contributed by atoms with Crippen molar-refractivity contribution in [2.75, 3.05) is 27.3 Å². The number of ether oxygens (including phenoxy) is 4. The quantitative estimate of drug-likeness (QED) is 0.105. The van der Waals surface area contributed by atoms with E-state index >= 15 is 0 Å². The van der Waals surface area contributed by atoms with Crippen LogP contribution in [-0.4, -0.2) is 66.4 Å². The van der Waals surface area contributed by atoms with E-state index in [1.54, 1.807) is 37.6 Å². The zero-order valence-corrected chi connectivity index (χ0v) is 29.7. The predicted molar refractivity (Wildman–Crippen MR) is 194 cm³/mol. The molecule has 5 aromatic rings. The molecule has 0 aliphatic heterocycles. The van der Waals surface area contributed by atoms with E-state index in [9.17, 15) is 9.59 Å². The number of hydrogen-bond acceptors (Lipinski definition) is 11. The lowest BCUT2D eigenvalue weighted by atomic mass is 10.0. The monoisotopic (exact) mass is 715 g/mol. The second kappa shape index (κ2) is 19.3. The maximum atomic E-state index is 13.1. The first-order valence-corrected chi connectivity index (χ1v) is 17.9. The van der Waals surface area contributed by atoms with E-state index in [4.69, 9.17) is 18.9 Å². The number of amides is 2. The van der Waals surface area contributed by atoms with E-state index < -0.39 is 12.2 Å². The minimum Gasteiger partial charge on any atom is -0.493 e. The summed E-state index contributed by atoms with van der Waals surface area (Å²) in [6, 6.07) is 25.1. The predicted octanol–water partition coefficient (Wildman–Crippen LogP) is 6.49. The standard InChI is InChI=1S/C37H41N5O6S2/c1-45-34-14-13-29(17-35(34)46-2)20-42(21-30(15-27-9-5-3-6-10-27)40-36(43)47-23-32-18-38-25-49-32)22-31(16-28-11-7-4-8-12-28)41-37(44)48-24-33-19-39-26-50-33/h3-14,17-19,25-26,30-31H,15-16,20-24H2,1-2H3,(H,40,43)(H,41,44)/t30-,31+. The molecule has 2 heterocycles. The summed E-state index contributed by atoms with van der Waals surface area (Å²) in [6.07, 6.45) is 3.46. The molecular formula is C37H41N5O6S2. The van der Waals surface area contributed by atoms with Gasteiger partial charge in [-0.1, -0.05) is 66.7 Å². The highest BCUT2D eigenvalue weighted by Crippen LogP contribution is 2.28. The Morgan fingerprint density at radius 1 is 0.680 bits per heavy atom. The van der Waals surface area contributed by atoms with Crippen molar-refractivity contribution in [2.45, 2.75) is 44.7 Å². The number of alkyl carbamates (subject to hydrolysis) is 2. The first kappa shape index (κ1) is 36.3. The molecule has 0 spiro atoms. The summed E-state index contributed by atoms with van der Waals surface area (Å²) in [4.78, 5) is 38.3. The van der Waals surface area contributed by atoms with Crippen LogP contribution in [0.1, 0.15) is 26.4 Å². The van der Waals surface area contributed by atoms with Gasteiger partial charge in [0.2, 0.25) is 0 Å². The SMILES string of the molecule is COc1ccc(CN(C[C@@H](Cc2ccccc2)NC(=O)OCc2cncs2)C[C@H](Cc2ccccc2)NC(=O)OCc2cncs2)cc1OC. The number of rotatable bonds is 18. The highest BCUT2D eigenvalue weighted by Gasteiger charge is 2.24. The fourth-order valence-corrected chi connectivity index (χ4v) is 6.51. The number of hydrogen-bond donors (Lipinski definition) is 2. The summed E-state index contributed by atoms with van der Waals surface area (Å²) in [6.45, 7) is 1.66. The summed E-state index contributed by atoms with van der Waals surface area (Å²) in [5.41, 5.74) is 6.51. The van der Waals surface area contributed by atoms with Crippen LogP contribution in [0.15, 0.2) is 102 Å². The topological polar surface area (TPSA) is 124 Å². The van der Waals surface area contributed by atoms with Crippen LogP contribution >= 0.6 is 22.7 Å². The smallest absolute Gasteiger partial charge is 0.407 e. The van der Waals surface area contributed by atoms with Gasteiger partial charge in [0.15, 0.2) is 11.5 Å². The molecule has 2 atom stereocenters. The molecule has 2 aromatic heterocycles. The van der Waals surface area contributed by atoms with E-state index in [0.29, 0.717) is 44.0 Å². The molecule has 0 aliphatic rings. The lowest BCUT2D eigenvalue weighted by Crippen LogP contribution is -2.50. The molecule has 0 unspecified atom stereocenters. The average Bonchev–Trinajstić information content (AvgIpc) is 3.86. The molecule has 5 rings (SSSR count). The molecule has 3 aromatic carbocycles. The Morgan fingerprint density at radius 3 is 1.62 bits per heavy atom. The van der Waals surface area contributed by atoms with Gasteiger partial charge in [0, 0.05) is 44.1 Å². The van der Waals surface area contributed by atoms with E-state index in [0.717, 1.165) is 26.4 Å². The normalized spacial score (nSPS) is 12.1. The Kier molecular flexibility index (Phi) is 14.0. The molecule has 2 amide bonds. The van der Waals surface area contributed by atoms with Gasteiger partial charge in [-0.2, -0.15) is 0 Å². The van der Waals surface area contributed by atoms with E-state index in [2.05, 4.69) is 25.5 Å². The van der Waals surface area contributed by atoms with Gasteiger partial charge in [-0.15, -0.1) is 22.7 Å². The van der Waals surface area contributed by atoms with Crippen LogP contribution in [-0.2, 0) is 42.1 Å². The third kappa shape index (κ3) is 11.9. The average molecular weight is 716 g/mol. The van der Waals surface area contributed by atoms with Crippen LogP contribution in [0.25, 0.3) is 0 Å². The van der Waals surface area contributed by atoms with Gasteiger partial charge in [0.1, 0.15) is 13.2 Å². The van der Waals surface area contributed by atoms with E-state index in [1.807, 2.05) is 78.9 Å². The molecule has 0 bridgehead atoms. The van der Waals surface area contributed by atoms with Crippen LogP contribution in [0.2, 0.25) is 0 Å².